The lowest BCUT2D eigenvalue weighted by Crippen LogP contribution is -2.01. The molecule has 0 aliphatic rings. The van der Waals surface area contributed by atoms with Gasteiger partial charge in [-0.25, -0.2) is 4.98 Å². The average Bonchev–Trinajstić information content (AvgIpc) is 3.23. The average molecular weight is 336 g/mol. The molecule has 1 aromatic carbocycles. The summed E-state index contributed by atoms with van der Waals surface area (Å²) >= 11 is 1.62. The summed E-state index contributed by atoms with van der Waals surface area (Å²) in [5.74, 6) is 2.45. The summed E-state index contributed by atoms with van der Waals surface area (Å²) in [7, 11) is 0. The van der Waals surface area contributed by atoms with E-state index in [0.29, 0.717) is 0 Å². The van der Waals surface area contributed by atoms with Gasteiger partial charge in [-0.1, -0.05) is 30.0 Å². The van der Waals surface area contributed by atoms with E-state index in [0.717, 1.165) is 45.8 Å². The molecule has 24 heavy (non-hydrogen) atoms. The van der Waals surface area contributed by atoms with Gasteiger partial charge in [-0.05, 0) is 31.2 Å². The van der Waals surface area contributed by atoms with Crippen molar-refractivity contribution in [2.75, 3.05) is 0 Å². The number of imidazole rings is 1. The first-order valence-corrected chi connectivity index (χ1v) is 8.74. The third-order valence-corrected chi connectivity index (χ3v) is 4.68. The molecular weight excluding hydrogens is 320 g/mol. The molecule has 4 rings (SSSR count). The molecule has 0 amide bonds. The maximum atomic E-state index is 4.60. The number of fused-ring (bicyclic) bond motifs is 1. The van der Waals surface area contributed by atoms with Crippen molar-refractivity contribution in [3.05, 3.63) is 54.5 Å². The molecule has 3 heterocycles. The summed E-state index contributed by atoms with van der Waals surface area (Å²) < 4.78 is 2.08. The molecular formula is C17H16N6S. The fourth-order valence-electron chi connectivity index (χ4n) is 2.57. The monoisotopic (exact) mass is 336 g/mol. The standard InChI is InChI=1S/C17H16N6S/c1-2-23-16(14-9-5-6-10-18-14)21-22-17(23)24-11-15-19-12-7-3-4-8-13(12)20-15/h3-10H,2,11H2,1H3,(H,19,20). The molecule has 0 spiro atoms. The second-order valence-corrected chi connectivity index (χ2v) is 6.20. The van der Waals surface area contributed by atoms with E-state index in [4.69, 9.17) is 0 Å². The maximum Gasteiger partial charge on any atom is 0.191 e. The van der Waals surface area contributed by atoms with Crippen LogP contribution >= 0.6 is 11.8 Å². The SMILES string of the molecule is CCn1c(SCc2nc3ccccc3[nH]2)nnc1-c1ccccn1. The zero-order chi connectivity index (χ0) is 16.4. The first-order chi connectivity index (χ1) is 11.8. The number of nitrogens with zero attached hydrogens (tertiary/aromatic N) is 5. The Hall–Kier alpha value is -2.67. The van der Waals surface area contributed by atoms with Crippen LogP contribution < -0.4 is 0 Å². The number of thioether (sulfide) groups is 1. The summed E-state index contributed by atoms with van der Waals surface area (Å²) in [5, 5.41) is 9.51. The number of nitrogens with one attached hydrogen (secondary N) is 1. The van der Waals surface area contributed by atoms with Crippen molar-refractivity contribution in [3.63, 3.8) is 0 Å². The predicted octanol–water partition coefficient (Wildman–Crippen LogP) is 3.53. The Morgan fingerprint density at radius 1 is 1.08 bits per heavy atom. The second-order valence-electron chi connectivity index (χ2n) is 5.25. The Morgan fingerprint density at radius 2 is 1.96 bits per heavy atom. The molecule has 0 fully saturated rings. The number of rotatable bonds is 5. The maximum absolute atomic E-state index is 4.60. The zero-order valence-electron chi connectivity index (χ0n) is 13.2. The van der Waals surface area contributed by atoms with Gasteiger partial charge in [0.2, 0.25) is 0 Å². The van der Waals surface area contributed by atoms with Crippen molar-refractivity contribution in [2.24, 2.45) is 0 Å². The number of aromatic nitrogens is 6. The van der Waals surface area contributed by atoms with E-state index >= 15 is 0 Å². The third kappa shape index (κ3) is 2.78. The van der Waals surface area contributed by atoms with E-state index < -0.39 is 0 Å². The van der Waals surface area contributed by atoms with Crippen LogP contribution in [0.25, 0.3) is 22.6 Å². The van der Waals surface area contributed by atoms with Crippen LogP contribution in [0.1, 0.15) is 12.7 Å². The van der Waals surface area contributed by atoms with E-state index in [-0.39, 0.29) is 0 Å². The Labute approximate surface area is 143 Å². The molecule has 7 heteroatoms. The number of H-pyrrole nitrogens is 1. The van der Waals surface area contributed by atoms with Gasteiger partial charge < -0.3 is 9.55 Å². The minimum absolute atomic E-state index is 0.717. The van der Waals surface area contributed by atoms with Crippen molar-refractivity contribution in [1.82, 2.24) is 29.7 Å². The van der Waals surface area contributed by atoms with Crippen LogP contribution in [0.15, 0.2) is 53.8 Å². The van der Waals surface area contributed by atoms with Gasteiger partial charge in [0.25, 0.3) is 0 Å². The number of benzene rings is 1. The van der Waals surface area contributed by atoms with Gasteiger partial charge in [0.15, 0.2) is 11.0 Å². The van der Waals surface area contributed by atoms with Gasteiger partial charge in [-0.2, -0.15) is 0 Å². The van der Waals surface area contributed by atoms with Crippen molar-refractivity contribution in [2.45, 2.75) is 24.4 Å². The molecule has 4 aromatic rings. The van der Waals surface area contributed by atoms with E-state index in [2.05, 4.69) is 36.6 Å². The molecule has 6 nitrogen and oxygen atoms in total. The molecule has 0 aliphatic carbocycles. The highest BCUT2D eigenvalue weighted by molar-refractivity contribution is 7.98. The normalized spacial score (nSPS) is 11.2. The van der Waals surface area contributed by atoms with Gasteiger partial charge in [0.1, 0.15) is 11.5 Å². The third-order valence-electron chi connectivity index (χ3n) is 3.70. The molecule has 120 valence electrons. The molecule has 0 unspecified atom stereocenters. The highest BCUT2D eigenvalue weighted by Gasteiger charge is 2.14. The molecule has 0 aliphatic heterocycles. The van der Waals surface area contributed by atoms with Gasteiger partial charge in [-0.3, -0.25) is 4.98 Å². The molecule has 3 aromatic heterocycles. The van der Waals surface area contributed by atoms with Gasteiger partial charge in [0.05, 0.1) is 16.8 Å². The quantitative estimate of drug-likeness (QED) is 0.565. The zero-order valence-corrected chi connectivity index (χ0v) is 14.0. The Kier molecular flexibility index (Phi) is 4.00. The fraction of sp³-hybridized carbons (Fsp3) is 0.176. The van der Waals surface area contributed by atoms with Crippen LogP contribution in [0.4, 0.5) is 0 Å². The topological polar surface area (TPSA) is 72.3 Å². The first-order valence-electron chi connectivity index (χ1n) is 7.76. The summed E-state index contributed by atoms with van der Waals surface area (Å²) in [6.45, 7) is 2.88. The lowest BCUT2D eigenvalue weighted by atomic mass is 10.3. The predicted molar refractivity (Wildman–Crippen MR) is 94.6 cm³/mol. The Bertz CT molecular complexity index is 927. The second kappa shape index (κ2) is 6.45. The molecule has 0 radical (unpaired) electrons. The van der Waals surface area contributed by atoms with Gasteiger partial charge in [0, 0.05) is 12.7 Å². The van der Waals surface area contributed by atoms with E-state index in [1.54, 1.807) is 18.0 Å². The minimum atomic E-state index is 0.717. The van der Waals surface area contributed by atoms with Gasteiger partial charge >= 0.3 is 0 Å². The number of para-hydroxylation sites is 2. The van der Waals surface area contributed by atoms with E-state index in [9.17, 15) is 0 Å². The number of hydrogen-bond acceptors (Lipinski definition) is 5. The summed E-state index contributed by atoms with van der Waals surface area (Å²) in [6, 6.07) is 13.8. The van der Waals surface area contributed by atoms with Crippen molar-refractivity contribution in [3.8, 4) is 11.5 Å². The summed E-state index contributed by atoms with van der Waals surface area (Å²) in [6.07, 6.45) is 1.77. The highest BCUT2D eigenvalue weighted by Crippen LogP contribution is 2.25. The van der Waals surface area contributed by atoms with Crippen molar-refractivity contribution < 1.29 is 0 Å². The largest absolute Gasteiger partial charge is 0.341 e. The van der Waals surface area contributed by atoms with Crippen LogP contribution in [-0.4, -0.2) is 29.7 Å². The van der Waals surface area contributed by atoms with Crippen LogP contribution in [0, 0.1) is 0 Å². The summed E-state index contributed by atoms with van der Waals surface area (Å²) in [4.78, 5) is 12.3. The van der Waals surface area contributed by atoms with Crippen molar-refractivity contribution >= 4 is 22.8 Å². The first kappa shape index (κ1) is 14.9. The molecule has 0 bridgehead atoms. The molecule has 0 saturated carbocycles. The molecule has 0 atom stereocenters. The number of hydrogen-bond donors (Lipinski definition) is 1. The number of pyridine rings is 1. The smallest absolute Gasteiger partial charge is 0.191 e. The van der Waals surface area contributed by atoms with Gasteiger partial charge in [-0.15, -0.1) is 10.2 Å². The van der Waals surface area contributed by atoms with Crippen LogP contribution in [-0.2, 0) is 12.3 Å². The highest BCUT2D eigenvalue weighted by atomic mass is 32.2. The van der Waals surface area contributed by atoms with E-state index in [1.807, 2.05) is 42.5 Å². The van der Waals surface area contributed by atoms with Crippen LogP contribution in [0.3, 0.4) is 0 Å². The lowest BCUT2D eigenvalue weighted by molar-refractivity contribution is 0.685. The Balaban J connectivity index is 1.57. The minimum Gasteiger partial charge on any atom is -0.341 e. The molecule has 1 N–H and O–H groups in total. The summed E-state index contributed by atoms with van der Waals surface area (Å²) in [5.41, 5.74) is 2.88. The number of aromatic amines is 1. The van der Waals surface area contributed by atoms with Crippen LogP contribution in [0.2, 0.25) is 0 Å². The Morgan fingerprint density at radius 3 is 2.75 bits per heavy atom. The molecule has 0 saturated heterocycles. The lowest BCUT2D eigenvalue weighted by Gasteiger charge is -2.05. The van der Waals surface area contributed by atoms with E-state index in [1.165, 1.54) is 0 Å². The van der Waals surface area contributed by atoms with Crippen molar-refractivity contribution in [1.29, 1.82) is 0 Å². The fourth-order valence-corrected chi connectivity index (χ4v) is 3.44. The van der Waals surface area contributed by atoms with Crippen LogP contribution in [0.5, 0.6) is 0 Å².